The molecule has 0 N–H and O–H groups in total. The number of hydrogen-bond donors (Lipinski definition) is 0. The highest BCUT2D eigenvalue weighted by Crippen LogP contribution is 2.41. The maximum atomic E-state index is 2.35. The molecule has 0 atom stereocenters. The lowest BCUT2D eigenvalue weighted by Gasteiger charge is -2.26. The summed E-state index contributed by atoms with van der Waals surface area (Å²) in [6, 6.07) is 86.6. The predicted molar refractivity (Wildman–Crippen MR) is 238 cm³/mol. The second-order valence-electron chi connectivity index (χ2n) is 13.8. The number of fused-ring (bicyclic) bond motifs is 1. The lowest BCUT2D eigenvalue weighted by molar-refractivity contribution is 1.28. The Labute approximate surface area is 329 Å². The van der Waals surface area contributed by atoms with Gasteiger partial charge in [-0.25, -0.2) is 0 Å². The lowest BCUT2D eigenvalue weighted by atomic mass is 9.85. The Balaban J connectivity index is 1.19. The highest BCUT2D eigenvalue weighted by Gasteiger charge is 2.19. The number of anilines is 6. The molecule has 0 heterocycles. The summed E-state index contributed by atoms with van der Waals surface area (Å²) >= 11 is 0. The third-order valence-electron chi connectivity index (χ3n) is 10.2. The van der Waals surface area contributed by atoms with Crippen molar-refractivity contribution >= 4 is 56.0 Å². The number of benzene rings is 9. The van der Waals surface area contributed by atoms with E-state index in [1.165, 1.54) is 33.0 Å². The predicted octanol–water partition coefficient (Wildman–Crippen LogP) is 14.8. The van der Waals surface area contributed by atoms with Crippen molar-refractivity contribution in [2.24, 2.45) is 0 Å². The van der Waals surface area contributed by atoms with Crippen LogP contribution in [-0.4, -0.2) is 0 Å². The standard InChI is InChI=1S/C54H40N2/c1-7-19-41(20-8-1)53(43-33-36-51(37-34-43)55(47-23-11-3-12-24-47)48-25-13-4-14-26-48)54(42-21-9-2-10-22-42)46-32-31-45-40-52(38-35-44(45)39-46)56(49-27-15-5-16-28-49)50-29-17-6-18-30-50/h1-40H/b54-53+. The van der Waals surface area contributed by atoms with E-state index in [-0.39, 0.29) is 0 Å². The smallest absolute Gasteiger partial charge is 0.0468 e. The SMILES string of the molecule is c1ccc(/C(=C(/c2ccccc2)c2ccc3cc(N(c4ccccc4)c4ccccc4)ccc3c2)c2ccc(N(c3ccccc3)c3ccccc3)cc2)cc1. The van der Waals surface area contributed by atoms with Crippen molar-refractivity contribution in [1.82, 2.24) is 0 Å². The molecule has 2 nitrogen and oxygen atoms in total. The van der Waals surface area contributed by atoms with Crippen LogP contribution in [0.2, 0.25) is 0 Å². The van der Waals surface area contributed by atoms with Crippen molar-refractivity contribution in [2.45, 2.75) is 0 Å². The number of hydrogen-bond acceptors (Lipinski definition) is 2. The van der Waals surface area contributed by atoms with Crippen LogP contribution in [0.15, 0.2) is 243 Å². The molecule has 56 heavy (non-hydrogen) atoms. The van der Waals surface area contributed by atoms with Gasteiger partial charge in [-0.15, -0.1) is 0 Å². The highest BCUT2D eigenvalue weighted by molar-refractivity contribution is 6.06. The van der Waals surface area contributed by atoms with Gasteiger partial charge in [-0.2, -0.15) is 0 Å². The van der Waals surface area contributed by atoms with Crippen LogP contribution in [0.5, 0.6) is 0 Å². The Morgan fingerprint density at radius 3 is 0.946 bits per heavy atom. The number of para-hydroxylation sites is 4. The van der Waals surface area contributed by atoms with E-state index in [4.69, 9.17) is 0 Å². The fourth-order valence-electron chi connectivity index (χ4n) is 7.63. The zero-order chi connectivity index (χ0) is 37.5. The molecular formula is C54H40N2. The molecule has 0 aliphatic rings. The van der Waals surface area contributed by atoms with Crippen LogP contribution in [0.1, 0.15) is 22.3 Å². The number of rotatable bonds is 10. The first kappa shape index (κ1) is 34.4. The van der Waals surface area contributed by atoms with Gasteiger partial charge in [0.2, 0.25) is 0 Å². The zero-order valence-corrected chi connectivity index (χ0v) is 31.0. The van der Waals surface area contributed by atoms with Crippen LogP contribution in [0.4, 0.5) is 34.1 Å². The summed E-state index contributed by atoms with van der Waals surface area (Å²) < 4.78 is 0. The van der Waals surface area contributed by atoms with Gasteiger partial charge >= 0.3 is 0 Å². The average Bonchev–Trinajstić information content (AvgIpc) is 3.28. The molecule has 9 aromatic rings. The lowest BCUT2D eigenvalue weighted by Crippen LogP contribution is -2.09. The van der Waals surface area contributed by atoms with Gasteiger partial charge < -0.3 is 9.80 Å². The molecule has 266 valence electrons. The molecule has 0 amide bonds. The third kappa shape index (κ3) is 7.12. The van der Waals surface area contributed by atoms with Crippen molar-refractivity contribution in [3.8, 4) is 0 Å². The minimum Gasteiger partial charge on any atom is -0.311 e. The number of nitrogens with zero attached hydrogens (tertiary/aromatic N) is 2. The molecule has 0 saturated heterocycles. The Kier molecular flexibility index (Phi) is 9.75. The van der Waals surface area contributed by atoms with Crippen LogP contribution in [0.3, 0.4) is 0 Å². The average molecular weight is 717 g/mol. The van der Waals surface area contributed by atoms with E-state index in [1.807, 2.05) is 0 Å². The maximum Gasteiger partial charge on any atom is 0.0468 e. The summed E-state index contributed by atoms with van der Waals surface area (Å²) in [5.74, 6) is 0. The molecule has 0 spiro atoms. The quantitative estimate of drug-likeness (QED) is 0.130. The monoisotopic (exact) mass is 716 g/mol. The molecule has 0 bridgehead atoms. The summed E-state index contributed by atoms with van der Waals surface area (Å²) in [4.78, 5) is 4.62. The van der Waals surface area contributed by atoms with E-state index in [9.17, 15) is 0 Å². The molecule has 9 aromatic carbocycles. The first-order chi connectivity index (χ1) is 27.8. The van der Waals surface area contributed by atoms with Crippen LogP contribution in [0.25, 0.3) is 21.9 Å². The molecule has 9 rings (SSSR count). The minimum absolute atomic E-state index is 1.10. The zero-order valence-electron chi connectivity index (χ0n) is 31.0. The van der Waals surface area contributed by atoms with Gasteiger partial charge in [0.05, 0.1) is 0 Å². The summed E-state index contributed by atoms with van der Waals surface area (Å²) in [5, 5.41) is 2.37. The first-order valence-corrected chi connectivity index (χ1v) is 19.1. The Morgan fingerprint density at radius 2 is 0.500 bits per heavy atom. The summed E-state index contributed by atoms with van der Waals surface area (Å²) in [5.41, 5.74) is 13.7. The molecule has 0 saturated carbocycles. The Morgan fingerprint density at radius 1 is 0.214 bits per heavy atom. The molecular weight excluding hydrogens is 677 g/mol. The largest absolute Gasteiger partial charge is 0.311 e. The van der Waals surface area contributed by atoms with Gasteiger partial charge in [-0.1, -0.05) is 164 Å². The fourth-order valence-corrected chi connectivity index (χ4v) is 7.63. The molecule has 0 fully saturated rings. The highest BCUT2D eigenvalue weighted by atomic mass is 15.1. The molecule has 2 heteroatoms. The Bertz CT molecular complexity index is 2610. The van der Waals surface area contributed by atoms with Crippen molar-refractivity contribution in [1.29, 1.82) is 0 Å². The van der Waals surface area contributed by atoms with Crippen molar-refractivity contribution in [3.63, 3.8) is 0 Å². The summed E-state index contributed by atoms with van der Waals surface area (Å²) in [7, 11) is 0. The molecule has 0 aliphatic heterocycles. The maximum absolute atomic E-state index is 2.35. The Hall–Kier alpha value is -7.42. The first-order valence-electron chi connectivity index (χ1n) is 19.1. The van der Waals surface area contributed by atoms with Crippen LogP contribution in [0, 0.1) is 0 Å². The van der Waals surface area contributed by atoms with E-state index in [0.29, 0.717) is 0 Å². The van der Waals surface area contributed by atoms with Crippen molar-refractivity contribution < 1.29 is 0 Å². The van der Waals surface area contributed by atoms with Gasteiger partial charge in [-0.3, -0.25) is 0 Å². The van der Waals surface area contributed by atoms with E-state index in [1.54, 1.807) is 0 Å². The van der Waals surface area contributed by atoms with Gasteiger partial charge in [0.25, 0.3) is 0 Å². The second-order valence-corrected chi connectivity index (χ2v) is 13.8. The van der Waals surface area contributed by atoms with E-state index in [0.717, 1.165) is 45.3 Å². The summed E-state index contributed by atoms with van der Waals surface area (Å²) in [6.07, 6.45) is 0. The van der Waals surface area contributed by atoms with Gasteiger partial charge in [0.15, 0.2) is 0 Å². The van der Waals surface area contributed by atoms with Crippen molar-refractivity contribution in [2.75, 3.05) is 9.80 Å². The van der Waals surface area contributed by atoms with Gasteiger partial charge in [-0.05, 0) is 123 Å². The second kappa shape index (κ2) is 15.9. The van der Waals surface area contributed by atoms with Crippen LogP contribution < -0.4 is 9.80 Å². The van der Waals surface area contributed by atoms with Crippen LogP contribution >= 0.6 is 0 Å². The van der Waals surface area contributed by atoms with Gasteiger partial charge in [0.1, 0.15) is 0 Å². The third-order valence-corrected chi connectivity index (χ3v) is 10.2. The van der Waals surface area contributed by atoms with Crippen LogP contribution in [-0.2, 0) is 0 Å². The van der Waals surface area contributed by atoms with E-state index in [2.05, 4.69) is 252 Å². The molecule has 0 unspecified atom stereocenters. The molecule has 0 aliphatic carbocycles. The van der Waals surface area contributed by atoms with Gasteiger partial charge in [0, 0.05) is 34.1 Å². The fraction of sp³-hybridized carbons (Fsp3) is 0. The van der Waals surface area contributed by atoms with E-state index >= 15 is 0 Å². The van der Waals surface area contributed by atoms with Crippen molar-refractivity contribution in [3.05, 3.63) is 265 Å². The van der Waals surface area contributed by atoms with E-state index < -0.39 is 0 Å². The normalized spacial score (nSPS) is 11.5. The topological polar surface area (TPSA) is 6.48 Å². The minimum atomic E-state index is 1.10. The molecule has 0 aromatic heterocycles. The summed E-state index contributed by atoms with van der Waals surface area (Å²) in [6.45, 7) is 0. The molecule has 0 radical (unpaired) electrons.